The van der Waals surface area contributed by atoms with Crippen molar-refractivity contribution in [2.75, 3.05) is 39.4 Å². The van der Waals surface area contributed by atoms with Gasteiger partial charge in [0.25, 0.3) is 0 Å². The normalized spacial score (nSPS) is 14.0. The molecule has 4 rings (SSSR count). The number of ether oxygens (including phenoxy) is 2. The summed E-state index contributed by atoms with van der Waals surface area (Å²) in [6.07, 6.45) is 0. The first-order chi connectivity index (χ1) is 14.3. The first kappa shape index (κ1) is 25.4. The van der Waals surface area contributed by atoms with Gasteiger partial charge in [0.2, 0.25) is 0 Å². The molecule has 0 aromatic heterocycles. The second-order valence-electron chi connectivity index (χ2n) is 7.27. The minimum atomic E-state index is -0.238. The molecule has 1 aliphatic rings. The molecule has 0 radical (unpaired) electrons. The zero-order chi connectivity index (χ0) is 19.9. The molecule has 7 heteroatoms. The van der Waals surface area contributed by atoms with Crippen LogP contribution < -0.4 is 10.1 Å². The van der Waals surface area contributed by atoms with E-state index in [0.717, 1.165) is 56.1 Å². The highest BCUT2D eigenvalue weighted by molar-refractivity contribution is 5.87. The van der Waals surface area contributed by atoms with Gasteiger partial charge in [-0.05, 0) is 22.9 Å². The van der Waals surface area contributed by atoms with E-state index in [1.165, 1.54) is 11.5 Å². The predicted molar refractivity (Wildman–Crippen MR) is 128 cm³/mol. The molecule has 0 unspecified atom stereocenters. The Kier molecular flexibility index (Phi) is 10.5. The van der Waals surface area contributed by atoms with E-state index in [2.05, 4.69) is 28.4 Å². The van der Waals surface area contributed by atoms with Crippen molar-refractivity contribution in [3.8, 4) is 5.75 Å². The molecule has 0 aliphatic carbocycles. The third kappa shape index (κ3) is 6.79. The quantitative estimate of drug-likeness (QED) is 0.482. The topological polar surface area (TPSA) is 33.7 Å². The number of hydrogen-bond donors (Lipinski definition) is 1. The number of morpholine rings is 1. The number of halogens is 3. The summed E-state index contributed by atoms with van der Waals surface area (Å²) >= 11 is 0. The molecule has 0 amide bonds. The molecule has 31 heavy (non-hydrogen) atoms. The molecule has 1 saturated heterocycles. The summed E-state index contributed by atoms with van der Waals surface area (Å²) in [5, 5.41) is 5.90. The summed E-state index contributed by atoms with van der Waals surface area (Å²) in [6.45, 7) is 6.44. The van der Waals surface area contributed by atoms with Crippen LogP contribution >= 0.6 is 24.8 Å². The summed E-state index contributed by atoms with van der Waals surface area (Å²) in [6, 6.07) is 19.1. The summed E-state index contributed by atoms with van der Waals surface area (Å²) in [7, 11) is 0. The Morgan fingerprint density at radius 3 is 2.48 bits per heavy atom. The zero-order valence-electron chi connectivity index (χ0n) is 17.4. The lowest BCUT2D eigenvalue weighted by Crippen LogP contribution is -2.40. The minimum Gasteiger partial charge on any atom is -0.488 e. The fraction of sp³-hybridized carbons (Fsp3) is 0.333. The molecule has 3 aromatic rings. The van der Waals surface area contributed by atoms with Gasteiger partial charge in [0.15, 0.2) is 0 Å². The van der Waals surface area contributed by atoms with Gasteiger partial charge in [-0.15, -0.1) is 24.8 Å². The zero-order valence-corrected chi connectivity index (χ0v) is 19.0. The highest BCUT2D eigenvalue weighted by Crippen LogP contribution is 2.29. The summed E-state index contributed by atoms with van der Waals surface area (Å²) in [5.74, 6) is 0.560. The lowest BCUT2D eigenvalue weighted by Gasteiger charge is -2.26. The Bertz CT molecular complexity index is 952. The molecule has 1 fully saturated rings. The van der Waals surface area contributed by atoms with Crippen molar-refractivity contribution in [2.45, 2.75) is 13.2 Å². The third-order valence-electron chi connectivity index (χ3n) is 5.35. The second kappa shape index (κ2) is 12.8. The largest absolute Gasteiger partial charge is 0.488 e. The number of fused-ring (bicyclic) bond motifs is 1. The van der Waals surface area contributed by atoms with E-state index >= 15 is 0 Å². The lowest BCUT2D eigenvalue weighted by atomic mass is 10.0. The smallest absolute Gasteiger partial charge is 0.129 e. The Labute approximate surface area is 195 Å². The Balaban J connectivity index is 0.00000171. The average molecular weight is 467 g/mol. The second-order valence-corrected chi connectivity index (χ2v) is 7.27. The van der Waals surface area contributed by atoms with Gasteiger partial charge in [0, 0.05) is 43.9 Å². The molecule has 1 N–H and O–H groups in total. The number of benzene rings is 3. The maximum Gasteiger partial charge on any atom is 0.129 e. The molecular formula is C24H29Cl2FN2O2. The maximum absolute atomic E-state index is 14.0. The molecule has 1 heterocycles. The van der Waals surface area contributed by atoms with E-state index < -0.39 is 0 Å². The van der Waals surface area contributed by atoms with Gasteiger partial charge >= 0.3 is 0 Å². The highest BCUT2D eigenvalue weighted by Gasteiger charge is 2.12. The highest BCUT2D eigenvalue weighted by atomic mass is 35.5. The van der Waals surface area contributed by atoms with Crippen LogP contribution in [-0.4, -0.2) is 44.3 Å². The third-order valence-corrected chi connectivity index (χ3v) is 5.35. The molecule has 0 atom stereocenters. The van der Waals surface area contributed by atoms with Crippen molar-refractivity contribution in [2.24, 2.45) is 0 Å². The van der Waals surface area contributed by atoms with E-state index in [-0.39, 0.29) is 37.2 Å². The van der Waals surface area contributed by atoms with Gasteiger partial charge in [-0.3, -0.25) is 4.90 Å². The lowest BCUT2D eigenvalue weighted by molar-refractivity contribution is 0.0384. The van der Waals surface area contributed by atoms with E-state index in [1.54, 1.807) is 12.1 Å². The molecule has 4 nitrogen and oxygen atoms in total. The monoisotopic (exact) mass is 466 g/mol. The van der Waals surface area contributed by atoms with Crippen LogP contribution in [0.1, 0.15) is 11.1 Å². The van der Waals surface area contributed by atoms with E-state index in [9.17, 15) is 4.39 Å². The van der Waals surface area contributed by atoms with E-state index in [1.807, 2.05) is 24.3 Å². The predicted octanol–water partition coefficient (Wildman–Crippen LogP) is 4.82. The molecule has 3 aromatic carbocycles. The SMILES string of the molecule is Cl.Cl.Fc1ccccc1COc1ccc2ccccc2c1CNCCN1CCOCC1. The number of nitrogens with zero attached hydrogens (tertiary/aromatic N) is 1. The molecule has 168 valence electrons. The van der Waals surface area contributed by atoms with Gasteiger partial charge < -0.3 is 14.8 Å². The Morgan fingerprint density at radius 1 is 0.935 bits per heavy atom. The van der Waals surface area contributed by atoms with Gasteiger partial charge in [-0.25, -0.2) is 4.39 Å². The average Bonchev–Trinajstić information content (AvgIpc) is 2.77. The van der Waals surface area contributed by atoms with Crippen molar-refractivity contribution in [1.82, 2.24) is 10.2 Å². The standard InChI is InChI=1S/C24H27FN2O2.2ClH/c25-23-8-4-2-6-20(23)18-29-24-10-9-19-5-1-3-7-21(19)22(24)17-26-11-12-27-13-15-28-16-14-27;;/h1-10,26H,11-18H2;2*1H. The van der Waals surface area contributed by atoms with Crippen LogP contribution in [0.5, 0.6) is 5.75 Å². The van der Waals surface area contributed by atoms with Crippen molar-refractivity contribution >= 4 is 35.6 Å². The van der Waals surface area contributed by atoms with Gasteiger partial charge in [-0.2, -0.15) is 0 Å². The summed E-state index contributed by atoms with van der Waals surface area (Å²) < 4.78 is 25.4. The number of nitrogens with one attached hydrogen (secondary N) is 1. The number of rotatable bonds is 8. The maximum atomic E-state index is 14.0. The molecular weight excluding hydrogens is 438 g/mol. The van der Waals surface area contributed by atoms with Crippen LogP contribution in [0.4, 0.5) is 4.39 Å². The Hall–Kier alpha value is -1.89. The van der Waals surface area contributed by atoms with Gasteiger partial charge in [0.1, 0.15) is 18.2 Å². The Morgan fingerprint density at radius 2 is 1.68 bits per heavy atom. The first-order valence-corrected chi connectivity index (χ1v) is 10.2. The van der Waals surface area contributed by atoms with Crippen molar-refractivity contribution < 1.29 is 13.9 Å². The fourth-order valence-corrected chi connectivity index (χ4v) is 3.68. The van der Waals surface area contributed by atoms with Crippen LogP contribution in [0.3, 0.4) is 0 Å². The van der Waals surface area contributed by atoms with Gasteiger partial charge in [-0.1, -0.05) is 48.5 Å². The molecule has 0 saturated carbocycles. The van der Waals surface area contributed by atoms with Crippen LogP contribution in [0, 0.1) is 5.82 Å². The number of hydrogen-bond acceptors (Lipinski definition) is 4. The van der Waals surface area contributed by atoms with Crippen LogP contribution in [0.2, 0.25) is 0 Å². The van der Waals surface area contributed by atoms with Crippen LogP contribution in [-0.2, 0) is 17.9 Å². The van der Waals surface area contributed by atoms with Crippen LogP contribution in [0.25, 0.3) is 10.8 Å². The van der Waals surface area contributed by atoms with Crippen molar-refractivity contribution in [3.05, 3.63) is 77.6 Å². The fourth-order valence-electron chi connectivity index (χ4n) is 3.68. The van der Waals surface area contributed by atoms with Crippen molar-refractivity contribution in [1.29, 1.82) is 0 Å². The molecule has 0 spiro atoms. The van der Waals surface area contributed by atoms with Crippen molar-refractivity contribution in [3.63, 3.8) is 0 Å². The first-order valence-electron chi connectivity index (χ1n) is 10.2. The van der Waals surface area contributed by atoms with E-state index in [4.69, 9.17) is 9.47 Å². The minimum absolute atomic E-state index is 0. The molecule has 1 aliphatic heterocycles. The van der Waals surface area contributed by atoms with Crippen LogP contribution in [0.15, 0.2) is 60.7 Å². The van der Waals surface area contributed by atoms with E-state index in [0.29, 0.717) is 12.1 Å². The summed E-state index contributed by atoms with van der Waals surface area (Å²) in [4.78, 5) is 2.41. The van der Waals surface area contributed by atoms with Gasteiger partial charge in [0.05, 0.1) is 13.2 Å². The summed E-state index contributed by atoms with van der Waals surface area (Å²) in [5.41, 5.74) is 1.67. The molecule has 0 bridgehead atoms.